The van der Waals surface area contributed by atoms with Gasteiger partial charge in [0, 0.05) is 41.1 Å². The zero-order valence-corrected chi connectivity index (χ0v) is 14.4. The van der Waals surface area contributed by atoms with Crippen LogP contribution in [0.4, 0.5) is 0 Å². The Labute approximate surface area is 137 Å². The average molecular weight is 318 g/mol. The smallest absolute Gasteiger partial charge is 0.0576 e. The highest BCUT2D eigenvalue weighted by Gasteiger charge is 2.19. The maximum atomic E-state index is 4.27. The fourth-order valence-electron chi connectivity index (χ4n) is 3.23. The van der Waals surface area contributed by atoms with Crippen LogP contribution >= 0.6 is 11.3 Å². The molecule has 0 radical (unpaired) electrons. The highest BCUT2D eigenvalue weighted by Crippen LogP contribution is 2.29. The summed E-state index contributed by atoms with van der Waals surface area (Å²) in [6.07, 6.45) is 7.93. The zero-order valence-electron chi connectivity index (χ0n) is 13.6. The lowest BCUT2D eigenvalue weighted by atomic mass is 10.1. The Hall–Kier alpha value is -1.17. The Balaban J connectivity index is 1.67. The lowest BCUT2D eigenvalue weighted by Gasteiger charge is -2.29. The highest BCUT2D eigenvalue weighted by molar-refractivity contribution is 7.15. The second kappa shape index (κ2) is 7.40. The second-order valence-electron chi connectivity index (χ2n) is 6.07. The largest absolute Gasteiger partial charge is 0.317 e. The topological polar surface area (TPSA) is 33.1 Å². The molecule has 22 heavy (non-hydrogen) atoms. The summed E-state index contributed by atoms with van der Waals surface area (Å²) in [5.41, 5.74) is 1.22. The van der Waals surface area contributed by atoms with Crippen LogP contribution in [0.3, 0.4) is 0 Å². The molecule has 0 saturated carbocycles. The molecule has 1 saturated heterocycles. The Morgan fingerprint density at radius 3 is 3.05 bits per heavy atom. The number of nitrogens with one attached hydrogen (secondary N) is 1. The molecule has 0 bridgehead atoms. The third-order valence-corrected chi connectivity index (χ3v) is 5.60. The van der Waals surface area contributed by atoms with Crippen molar-refractivity contribution in [3.8, 4) is 10.4 Å². The van der Waals surface area contributed by atoms with Crippen LogP contribution in [0.5, 0.6) is 0 Å². The number of aromatic nitrogens is 2. The Morgan fingerprint density at radius 2 is 2.27 bits per heavy atom. The standard InChI is InChI=1S/C17H26N4S/c1-3-21(15-5-4-9-18-10-8-15)13-16-6-7-17(22-16)14-11-19-20(2)12-14/h6-7,11-12,15,18H,3-5,8-10,13H2,1-2H3. The van der Waals surface area contributed by atoms with Crippen LogP contribution in [-0.2, 0) is 13.6 Å². The molecule has 3 heterocycles. The number of thiophene rings is 1. The molecular formula is C17H26N4S. The van der Waals surface area contributed by atoms with E-state index >= 15 is 0 Å². The van der Waals surface area contributed by atoms with Crippen molar-refractivity contribution < 1.29 is 0 Å². The normalized spacial score (nSPS) is 19.5. The van der Waals surface area contributed by atoms with E-state index in [9.17, 15) is 0 Å². The summed E-state index contributed by atoms with van der Waals surface area (Å²) in [6.45, 7) is 6.83. The minimum Gasteiger partial charge on any atom is -0.317 e. The van der Waals surface area contributed by atoms with E-state index in [1.807, 2.05) is 29.3 Å². The number of nitrogens with zero attached hydrogens (tertiary/aromatic N) is 3. The molecule has 1 unspecified atom stereocenters. The summed E-state index contributed by atoms with van der Waals surface area (Å²) >= 11 is 1.90. The summed E-state index contributed by atoms with van der Waals surface area (Å²) < 4.78 is 1.87. The minimum absolute atomic E-state index is 0.726. The van der Waals surface area contributed by atoms with Crippen molar-refractivity contribution in [1.29, 1.82) is 0 Å². The van der Waals surface area contributed by atoms with Gasteiger partial charge in [-0.2, -0.15) is 5.10 Å². The molecular weight excluding hydrogens is 292 g/mol. The third kappa shape index (κ3) is 3.77. The van der Waals surface area contributed by atoms with E-state index in [1.165, 1.54) is 41.1 Å². The van der Waals surface area contributed by atoms with Crippen molar-refractivity contribution in [1.82, 2.24) is 20.0 Å². The predicted molar refractivity (Wildman–Crippen MR) is 93.1 cm³/mol. The first-order valence-corrected chi connectivity index (χ1v) is 9.10. The molecule has 120 valence electrons. The second-order valence-corrected chi connectivity index (χ2v) is 7.23. The molecule has 1 aliphatic rings. The van der Waals surface area contributed by atoms with Gasteiger partial charge in [0.1, 0.15) is 0 Å². The molecule has 2 aromatic heterocycles. The van der Waals surface area contributed by atoms with Crippen LogP contribution in [0.25, 0.3) is 10.4 Å². The van der Waals surface area contributed by atoms with E-state index in [2.05, 4.69) is 40.6 Å². The number of aryl methyl sites for hydroxylation is 1. The van der Waals surface area contributed by atoms with E-state index in [-0.39, 0.29) is 0 Å². The van der Waals surface area contributed by atoms with Gasteiger partial charge >= 0.3 is 0 Å². The van der Waals surface area contributed by atoms with Gasteiger partial charge in [0.2, 0.25) is 0 Å². The third-order valence-electron chi connectivity index (χ3n) is 4.48. The van der Waals surface area contributed by atoms with Gasteiger partial charge in [-0.1, -0.05) is 6.92 Å². The minimum atomic E-state index is 0.726. The van der Waals surface area contributed by atoms with Crippen molar-refractivity contribution in [3.05, 3.63) is 29.4 Å². The summed E-state index contributed by atoms with van der Waals surface area (Å²) in [4.78, 5) is 5.42. The fraction of sp³-hybridized carbons (Fsp3) is 0.588. The van der Waals surface area contributed by atoms with Crippen molar-refractivity contribution in [2.75, 3.05) is 19.6 Å². The van der Waals surface area contributed by atoms with Gasteiger partial charge < -0.3 is 5.32 Å². The molecule has 2 aromatic rings. The molecule has 1 fully saturated rings. The summed E-state index contributed by atoms with van der Waals surface area (Å²) in [6, 6.07) is 5.24. The monoisotopic (exact) mass is 318 g/mol. The fourth-order valence-corrected chi connectivity index (χ4v) is 4.24. The molecule has 0 aromatic carbocycles. The van der Waals surface area contributed by atoms with Crippen molar-refractivity contribution in [2.45, 2.75) is 38.8 Å². The maximum absolute atomic E-state index is 4.27. The lowest BCUT2D eigenvalue weighted by molar-refractivity contribution is 0.184. The summed E-state index contributed by atoms with van der Waals surface area (Å²) in [5, 5.41) is 7.78. The predicted octanol–water partition coefficient (Wildman–Crippen LogP) is 3.11. The quantitative estimate of drug-likeness (QED) is 0.919. The first-order valence-electron chi connectivity index (χ1n) is 8.28. The Kier molecular flexibility index (Phi) is 5.28. The van der Waals surface area contributed by atoms with Crippen molar-refractivity contribution >= 4 is 11.3 Å². The van der Waals surface area contributed by atoms with Crippen LogP contribution in [0.1, 0.15) is 31.1 Å². The molecule has 1 aliphatic heterocycles. The van der Waals surface area contributed by atoms with Gasteiger partial charge in [-0.3, -0.25) is 9.58 Å². The van der Waals surface area contributed by atoms with E-state index in [0.717, 1.165) is 25.7 Å². The summed E-state index contributed by atoms with van der Waals surface area (Å²) in [5.74, 6) is 0. The first-order chi connectivity index (χ1) is 10.8. The molecule has 0 aliphatic carbocycles. The van der Waals surface area contributed by atoms with Crippen molar-refractivity contribution in [3.63, 3.8) is 0 Å². The number of hydrogen-bond acceptors (Lipinski definition) is 4. The Bertz CT molecular complexity index is 581. The van der Waals surface area contributed by atoms with Crippen LogP contribution in [0.2, 0.25) is 0 Å². The van der Waals surface area contributed by atoms with E-state index < -0.39 is 0 Å². The van der Waals surface area contributed by atoms with E-state index in [4.69, 9.17) is 0 Å². The first kappa shape index (κ1) is 15.7. The van der Waals surface area contributed by atoms with Crippen LogP contribution in [0, 0.1) is 0 Å². The van der Waals surface area contributed by atoms with Crippen molar-refractivity contribution in [2.24, 2.45) is 7.05 Å². The van der Waals surface area contributed by atoms with Crippen LogP contribution in [0.15, 0.2) is 24.5 Å². The van der Waals surface area contributed by atoms with E-state index in [0.29, 0.717) is 0 Å². The average Bonchev–Trinajstić information content (AvgIpc) is 3.07. The van der Waals surface area contributed by atoms with Gasteiger partial charge in [-0.25, -0.2) is 0 Å². The molecule has 4 nitrogen and oxygen atoms in total. The van der Waals surface area contributed by atoms with Gasteiger partial charge in [0.15, 0.2) is 0 Å². The number of rotatable bonds is 5. The number of hydrogen-bond donors (Lipinski definition) is 1. The SMILES string of the molecule is CCN(Cc1ccc(-c2cnn(C)c2)s1)C1CCCNCC1. The summed E-state index contributed by atoms with van der Waals surface area (Å²) in [7, 11) is 1.97. The molecule has 3 rings (SSSR count). The molecule has 0 spiro atoms. The van der Waals surface area contributed by atoms with Gasteiger partial charge in [0.25, 0.3) is 0 Å². The lowest BCUT2D eigenvalue weighted by Crippen LogP contribution is -2.35. The molecule has 1 N–H and O–H groups in total. The van der Waals surface area contributed by atoms with E-state index in [1.54, 1.807) is 0 Å². The highest BCUT2D eigenvalue weighted by atomic mass is 32.1. The van der Waals surface area contributed by atoms with Gasteiger partial charge in [-0.15, -0.1) is 11.3 Å². The zero-order chi connectivity index (χ0) is 15.4. The molecule has 1 atom stereocenters. The maximum Gasteiger partial charge on any atom is 0.0576 e. The Morgan fingerprint density at radius 1 is 1.36 bits per heavy atom. The van der Waals surface area contributed by atoms with Crippen LogP contribution in [-0.4, -0.2) is 40.4 Å². The molecule has 5 heteroatoms. The van der Waals surface area contributed by atoms with Gasteiger partial charge in [0.05, 0.1) is 6.20 Å². The van der Waals surface area contributed by atoms with Gasteiger partial charge in [-0.05, 0) is 51.0 Å². The van der Waals surface area contributed by atoms with Crippen LogP contribution < -0.4 is 5.32 Å². The molecule has 0 amide bonds.